The number of carbonyl (C=O) groups excluding carboxylic acids is 2. The largest absolute Gasteiger partial charge is 0.416 e. The second-order valence-corrected chi connectivity index (χ2v) is 7.60. The van der Waals surface area contributed by atoms with E-state index in [9.17, 15) is 35.9 Å². The first kappa shape index (κ1) is 26.6. The van der Waals surface area contributed by atoms with Gasteiger partial charge in [0, 0.05) is 19.2 Å². The van der Waals surface area contributed by atoms with Gasteiger partial charge >= 0.3 is 12.4 Å². The topological polar surface area (TPSA) is 106 Å². The molecular formula is C21H19F6N7O2. The third-order valence-electron chi connectivity index (χ3n) is 5.05. The van der Waals surface area contributed by atoms with Crippen LogP contribution >= 0.6 is 0 Å². The van der Waals surface area contributed by atoms with Crippen LogP contribution in [0, 0.1) is 0 Å². The van der Waals surface area contributed by atoms with E-state index in [2.05, 4.69) is 25.4 Å². The maximum atomic E-state index is 13.1. The lowest BCUT2D eigenvalue weighted by Crippen LogP contribution is -2.29. The van der Waals surface area contributed by atoms with Gasteiger partial charge in [-0.2, -0.15) is 36.1 Å². The second kappa shape index (κ2) is 9.91. The van der Waals surface area contributed by atoms with Crippen molar-refractivity contribution in [2.45, 2.75) is 32.2 Å². The van der Waals surface area contributed by atoms with Gasteiger partial charge in [0.2, 0.25) is 0 Å². The van der Waals surface area contributed by atoms with Crippen molar-refractivity contribution >= 4 is 11.8 Å². The van der Waals surface area contributed by atoms with Crippen molar-refractivity contribution in [3.05, 3.63) is 65.1 Å². The zero-order chi connectivity index (χ0) is 26.8. The van der Waals surface area contributed by atoms with Crippen LogP contribution in [-0.4, -0.2) is 55.0 Å². The molecule has 1 atom stereocenters. The molecule has 192 valence electrons. The first-order valence-electron chi connectivity index (χ1n) is 10.3. The maximum absolute atomic E-state index is 13.1. The van der Waals surface area contributed by atoms with E-state index in [0.29, 0.717) is 18.7 Å². The molecule has 0 spiro atoms. The molecule has 0 saturated heterocycles. The average molecular weight is 515 g/mol. The molecule has 0 aliphatic heterocycles. The van der Waals surface area contributed by atoms with Crippen LogP contribution in [0.1, 0.15) is 57.7 Å². The van der Waals surface area contributed by atoms with Crippen molar-refractivity contribution in [1.29, 1.82) is 0 Å². The molecule has 3 rings (SSSR count). The van der Waals surface area contributed by atoms with Crippen molar-refractivity contribution in [2.75, 3.05) is 13.6 Å². The minimum Gasteiger partial charge on any atom is -0.342 e. The molecule has 3 aromatic rings. The monoisotopic (exact) mass is 515 g/mol. The molecule has 0 radical (unpaired) electrons. The summed E-state index contributed by atoms with van der Waals surface area (Å²) in [6.07, 6.45) is -6.65. The van der Waals surface area contributed by atoms with Crippen LogP contribution in [0.5, 0.6) is 0 Å². The van der Waals surface area contributed by atoms with E-state index in [0.717, 1.165) is 11.0 Å². The first-order valence-corrected chi connectivity index (χ1v) is 10.3. The molecule has 2 heterocycles. The van der Waals surface area contributed by atoms with Gasteiger partial charge in [-0.15, -0.1) is 0 Å². The number of aromatic nitrogens is 5. The number of hydrogen-bond acceptors (Lipinski definition) is 6. The number of hydrogen-bond donors (Lipinski definition) is 1. The van der Waals surface area contributed by atoms with Gasteiger partial charge in [-0.1, -0.05) is 0 Å². The molecule has 9 nitrogen and oxygen atoms in total. The van der Waals surface area contributed by atoms with E-state index in [4.69, 9.17) is 0 Å². The lowest BCUT2D eigenvalue weighted by atomic mass is 10.0. The summed E-state index contributed by atoms with van der Waals surface area (Å²) in [7, 11) is 1.58. The third kappa shape index (κ3) is 5.78. The van der Waals surface area contributed by atoms with Gasteiger partial charge in [0.15, 0.2) is 11.6 Å². The lowest BCUT2D eigenvalue weighted by Gasteiger charge is -2.17. The Morgan fingerprint density at radius 3 is 2.11 bits per heavy atom. The number of nitrogens with one attached hydrogen (secondary N) is 1. The van der Waals surface area contributed by atoms with Crippen LogP contribution in [-0.2, 0) is 12.4 Å². The molecule has 0 unspecified atom stereocenters. The van der Waals surface area contributed by atoms with E-state index in [1.165, 1.54) is 24.2 Å². The Bertz CT molecular complexity index is 1220. The Hall–Kier alpha value is -4.04. The van der Waals surface area contributed by atoms with Crippen LogP contribution in [0.25, 0.3) is 5.82 Å². The van der Waals surface area contributed by atoms with Gasteiger partial charge in [0.05, 0.1) is 29.6 Å². The smallest absolute Gasteiger partial charge is 0.342 e. The van der Waals surface area contributed by atoms with E-state index >= 15 is 0 Å². The quantitative estimate of drug-likeness (QED) is 0.503. The summed E-state index contributed by atoms with van der Waals surface area (Å²) in [6, 6.07) is -0.423. The highest BCUT2D eigenvalue weighted by Gasteiger charge is 2.37. The van der Waals surface area contributed by atoms with E-state index in [-0.39, 0.29) is 29.3 Å². The molecule has 0 saturated carbocycles. The number of benzene rings is 1. The molecule has 0 fully saturated rings. The van der Waals surface area contributed by atoms with Crippen LogP contribution < -0.4 is 5.32 Å². The Morgan fingerprint density at radius 2 is 1.61 bits per heavy atom. The lowest BCUT2D eigenvalue weighted by molar-refractivity contribution is -0.143. The van der Waals surface area contributed by atoms with Gasteiger partial charge in [0.25, 0.3) is 11.8 Å². The minimum absolute atomic E-state index is 0.0606. The Morgan fingerprint density at radius 1 is 1.00 bits per heavy atom. The fourth-order valence-electron chi connectivity index (χ4n) is 3.03. The predicted molar refractivity (Wildman–Crippen MR) is 112 cm³/mol. The fraction of sp³-hybridized carbons (Fsp3) is 0.333. The zero-order valence-corrected chi connectivity index (χ0v) is 19.0. The highest BCUT2D eigenvalue weighted by Crippen LogP contribution is 2.36. The predicted octanol–water partition coefficient (Wildman–Crippen LogP) is 3.68. The van der Waals surface area contributed by atoms with E-state index in [1.54, 1.807) is 14.0 Å². The van der Waals surface area contributed by atoms with Crippen molar-refractivity contribution in [1.82, 2.24) is 34.9 Å². The molecular weight excluding hydrogens is 496 g/mol. The van der Waals surface area contributed by atoms with Gasteiger partial charge in [0.1, 0.15) is 12.0 Å². The van der Waals surface area contributed by atoms with E-state index < -0.39 is 41.0 Å². The zero-order valence-electron chi connectivity index (χ0n) is 19.0. The van der Waals surface area contributed by atoms with E-state index in [1.807, 2.05) is 0 Å². The van der Waals surface area contributed by atoms with Crippen molar-refractivity contribution in [3.63, 3.8) is 0 Å². The summed E-state index contributed by atoms with van der Waals surface area (Å²) in [5.74, 6) is -1.39. The van der Waals surface area contributed by atoms with Crippen LogP contribution in [0.4, 0.5) is 26.3 Å². The normalized spacial score (nSPS) is 12.8. The number of amides is 2. The first-order chi connectivity index (χ1) is 16.7. The van der Waals surface area contributed by atoms with Gasteiger partial charge in [-0.3, -0.25) is 9.59 Å². The molecule has 0 aliphatic carbocycles. The third-order valence-corrected chi connectivity index (χ3v) is 5.05. The Labute approximate surface area is 200 Å². The second-order valence-electron chi connectivity index (χ2n) is 7.60. The summed E-state index contributed by atoms with van der Waals surface area (Å²) in [4.78, 5) is 38.3. The molecule has 2 amide bonds. The highest BCUT2D eigenvalue weighted by atomic mass is 19.4. The Kier molecular flexibility index (Phi) is 7.31. The number of halogens is 6. The fourth-order valence-corrected chi connectivity index (χ4v) is 3.03. The van der Waals surface area contributed by atoms with Crippen molar-refractivity contribution in [2.24, 2.45) is 0 Å². The van der Waals surface area contributed by atoms with Crippen LogP contribution in [0.2, 0.25) is 0 Å². The molecule has 2 aromatic heterocycles. The standard InChI is InChI=1S/C21H19F6N7O2/c1-4-33(3)19(36)15-8-29-16(9-28-15)34-17(30-10-31-34)11(2)32-18(35)12-5-13(20(22,23)24)7-14(6-12)21(25,26)27/h5-11H,4H2,1-3H3,(H,32,35)/t11-/m0/s1. The summed E-state index contributed by atoms with van der Waals surface area (Å²) in [6.45, 7) is 3.63. The molecule has 36 heavy (non-hydrogen) atoms. The van der Waals surface area contributed by atoms with Gasteiger partial charge in [-0.05, 0) is 32.0 Å². The van der Waals surface area contributed by atoms with Crippen LogP contribution in [0.15, 0.2) is 36.9 Å². The number of rotatable bonds is 6. The highest BCUT2D eigenvalue weighted by molar-refractivity contribution is 5.95. The molecule has 1 aromatic carbocycles. The summed E-state index contributed by atoms with van der Waals surface area (Å²) < 4.78 is 79.8. The minimum atomic E-state index is -5.10. The SMILES string of the molecule is CCN(C)C(=O)c1cnc(-n2ncnc2[C@H](C)NC(=O)c2cc(C(F)(F)F)cc(C(F)(F)F)c2)cn1. The summed E-state index contributed by atoms with van der Waals surface area (Å²) >= 11 is 0. The molecule has 1 N–H and O–H groups in total. The average Bonchev–Trinajstić information content (AvgIpc) is 3.32. The Balaban J connectivity index is 1.86. The number of nitrogens with zero attached hydrogens (tertiary/aromatic N) is 6. The molecule has 0 aliphatic rings. The molecule has 15 heteroatoms. The number of alkyl halides is 6. The maximum Gasteiger partial charge on any atom is 0.416 e. The van der Waals surface area contributed by atoms with Crippen molar-refractivity contribution < 1.29 is 35.9 Å². The van der Waals surface area contributed by atoms with Crippen molar-refractivity contribution in [3.8, 4) is 5.82 Å². The van der Waals surface area contributed by atoms with Gasteiger partial charge in [-0.25, -0.2) is 15.0 Å². The summed E-state index contributed by atoms with van der Waals surface area (Å²) in [5, 5.41) is 6.28. The van der Waals surface area contributed by atoms with Gasteiger partial charge < -0.3 is 10.2 Å². The number of carbonyl (C=O) groups is 2. The summed E-state index contributed by atoms with van der Waals surface area (Å²) in [5.41, 5.74) is -4.00. The van der Waals surface area contributed by atoms with Crippen LogP contribution in [0.3, 0.4) is 0 Å². The molecule has 0 bridgehead atoms.